The number of piperidine rings is 1. The maximum absolute atomic E-state index is 12.6. The summed E-state index contributed by atoms with van der Waals surface area (Å²) in [7, 11) is 1.54. The molecule has 4 atom stereocenters. The molecule has 1 aliphatic rings. The minimum absolute atomic E-state index is 0.398. The van der Waals surface area contributed by atoms with Crippen molar-refractivity contribution in [3.8, 4) is 17.9 Å². The van der Waals surface area contributed by atoms with Crippen LogP contribution in [0.25, 0.3) is 0 Å². The number of methoxy groups -OCH3 is 1. The summed E-state index contributed by atoms with van der Waals surface area (Å²) >= 11 is 0. The van der Waals surface area contributed by atoms with Crippen molar-refractivity contribution >= 4 is 5.91 Å². The average Bonchev–Trinajstić information content (AvgIpc) is 2.68. The summed E-state index contributed by atoms with van der Waals surface area (Å²) in [6.07, 6.45) is 0. The van der Waals surface area contributed by atoms with Crippen LogP contribution >= 0.6 is 0 Å². The van der Waals surface area contributed by atoms with Crippen molar-refractivity contribution in [2.75, 3.05) is 7.11 Å². The van der Waals surface area contributed by atoms with Crippen LogP contribution in [-0.4, -0.2) is 18.1 Å². The molecule has 2 aromatic rings. The first-order valence-electron chi connectivity index (χ1n) is 8.08. The number of carbonyl (C=O) groups excluding carboxylic acids is 1. The number of carbonyl (C=O) groups is 1. The lowest BCUT2D eigenvalue weighted by Crippen LogP contribution is -2.60. The molecule has 26 heavy (non-hydrogen) atoms. The number of benzene rings is 2. The van der Waals surface area contributed by atoms with Gasteiger partial charge in [-0.15, -0.1) is 0 Å². The number of nitrogens with one attached hydrogen (secondary N) is 1. The van der Waals surface area contributed by atoms with E-state index in [9.17, 15) is 20.4 Å². The lowest BCUT2D eigenvalue weighted by atomic mass is 9.68. The van der Waals surface area contributed by atoms with E-state index in [0.29, 0.717) is 16.9 Å². The molecule has 2 aromatic carbocycles. The molecule has 3 rings (SSSR count). The Morgan fingerprint density at radius 3 is 2.27 bits per heavy atom. The van der Waals surface area contributed by atoms with Crippen LogP contribution in [0.1, 0.15) is 17.0 Å². The predicted octanol–water partition coefficient (Wildman–Crippen LogP) is 2.03. The summed E-state index contributed by atoms with van der Waals surface area (Å²) in [6, 6.07) is 19.4. The Balaban J connectivity index is 2.13. The van der Waals surface area contributed by atoms with E-state index in [-0.39, 0.29) is 0 Å². The molecule has 6 heteroatoms. The molecule has 2 N–H and O–H groups in total. The Bertz CT molecular complexity index is 883. The molecule has 1 fully saturated rings. The van der Waals surface area contributed by atoms with Gasteiger partial charge in [0.15, 0.2) is 5.72 Å². The van der Waals surface area contributed by atoms with Crippen LogP contribution in [0.15, 0.2) is 54.6 Å². The number of hydrogen-bond donors (Lipinski definition) is 2. The lowest BCUT2D eigenvalue weighted by molar-refractivity contribution is -0.145. The normalized spacial score (nSPS) is 27.7. The molecule has 0 spiro atoms. The molecule has 1 amide bonds. The van der Waals surface area contributed by atoms with Gasteiger partial charge in [-0.25, -0.2) is 0 Å². The Hall–Kier alpha value is -3.35. The molecule has 4 unspecified atom stereocenters. The van der Waals surface area contributed by atoms with Gasteiger partial charge in [0.05, 0.1) is 19.2 Å². The number of rotatable bonds is 3. The van der Waals surface area contributed by atoms with Crippen molar-refractivity contribution in [3.63, 3.8) is 0 Å². The van der Waals surface area contributed by atoms with E-state index >= 15 is 0 Å². The zero-order chi connectivity index (χ0) is 18.7. The van der Waals surface area contributed by atoms with Crippen LogP contribution in [0.5, 0.6) is 5.75 Å². The fourth-order valence-electron chi connectivity index (χ4n) is 3.43. The van der Waals surface area contributed by atoms with Crippen molar-refractivity contribution in [1.29, 1.82) is 10.5 Å². The molecule has 0 aromatic heterocycles. The average molecular weight is 347 g/mol. The number of amides is 1. The van der Waals surface area contributed by atoms with Crippen LogP contribution in [0.2, 0.25) is 0 Å². The number of nitriles is 2. The number of ether oxygens (including phenoxy) is 1. The van der Waals surface area contributed by atoms with E-state index in [4.69, 9.17) is 4.74 Å². The van der Waals surface area contributed by atoms with E-state index in [1.165, 1.54) is 7.11 Å². The molecular formula is C20H17N3O3. The third-order valence-corrected chi connectivity index (χ3v) is 4.76. The van der Waals surface area contributed by atoms with E-state index in [1.807, 2.05) is 6.07 Å². The van der Waals surface area contributed by atoms with Gasteiger partial charge in [0.25, 0.3) is 0 Å². The van der Waals surface area contributed by atoms with Gasteiger partial charge in [0.1, 0.15) is 17.6 Å². The summed E-state index contributed by atoms with van der Waals surface area (Å²) in [5, 5.41) is 33.1. The highest BCUT2D eigenvalue weighted by Crippen LogP contribution is 2.45. The third-order valence-electron chi connectivity index (χ3n) is 4.76. The molecule has 0 saturated carbocycles. The second-order valence-corrected chi connectivity index (χ2v) is 6.13. The zero-order valence-electron chi connectivity index (χ0n) is 14.1. The second kappa shape index (κ2) is 6.87. The Morgan fingerprint density at radius 1 is 1.08 bits per heavy atom. The van der Waals surface area contributed by atoms with Gasteiger partial charge in [-0.3, -0.25) is 4.79 Å². The lowest BCUT2D eigenvalue weighted by Gasteiger charge is -2.43. The topological polar surface area (TPSA) is 106 Å². The Labute approximate surface area is 151 Å². The predicted molar refractivity (Wildman–Crippen MR) is 92.4 cm³/mol. The molecule has 1 aliphatic heterocycles. The highest BCUT2D eigenvalue weighted by Gasteiger charge is 2.54. The molecule has 130 valence electrons. The zero-order valence-corrected chi connectivity index (χ0v) is 14.1. The molecule has 1 saturated heterocycles. The molecule has 0 bridgehead atoms. The van der Waals surface area contributed by atoms with Crippen molar-refractivity contribution in [2.24, 2.45) is 11.8 Å². The fourth-order valence-corrected chi connectivity index (χ4v) is 3.43. The molecule has 0 radical (unpaired) electrons. The van der Waals surface area contributed by atoms with Crippen LogP contribution < -0.4 is 10.1 Å². The monoisotopic (exact) mass is 347 g/mol. The first-order chi connectivity index (χ1) is 12.5. The summed E-state index contributed by atoms with van der Waals surface area (Å²) in [5.74, 6) is -2.90. The summed E-state index contributed by atoms with van der Waals surface area (Å²) in [4.78, 5) is 12.6. The minimum atomic E-state index is -1.88. The number of nitrogens with zero attached hydrogens (tertiary/aromatic N) is 2. The highest BCUT2D eigenvalue weighted by molar-refractivity contribution is 5.84. The van der Waals surface area contributed by atoms with Crippen molar-refractivity contribution < 1.29 is 14.6 Å². The smallest absolute Gasteiger partial charge is 0.240 e. The number of hydrogen-bond acceptors (Lipinski definition) is 5. The van der Waals surface area contributed by atoms with Crippen LogP contribution in [0.3, 0.4) is 0 Å². The maximum atomic E-state index is 12.6. The van der Waals surface area contributed by atoms with Gasteiger partial charge in [0.2, 0.25) is 5.91 Å². The molecule has 0 aliphatic carbocycles. The summed E-state index contributed by atoms with van der Waals surface area (Å²) in [5.41, 5.74) is -0.867. The van der Waals surface area contributed by atoms with Crippen LogP contribution in [0.4, 0.5) is 0 Å². The third kappa shape index (κ3) is 2.77. The molecule has 1 heterocycles. The maximum Gasteiger partial charge on any atom is 0.240 e. The van der Waals surface area contributed by atoms with Gasteiger partial charge in [0, 0.05) is 11.5 Å². The minimum Gasteiger partial charge on any atom is -0.497 e. The van der Waals surface area contributed by atoms with Gasteiger partial charge < -0.3 is 15.2 Å². The Kier molecular flexibility index (Phi) is 4.62. The SMILES string of the molecule is COc1ccc(C2C(C#N)C(=O)NC(O)(c3ccccc3)C2C#N)cc1. The van der Waals surface area contributed by atoms with Crippen LogP contribution in [0, 0.1) is 34.5 Å². The molecule has 6 nitrogen and oxygen atoms in total. The van der Waals surface area contributed by atoms with Crippen molar-refractivity contribution in [1.82, 2.24) is 5.32 Å². The van der Waals surface area contributed by atoms with E-state index in [0.717, 1.165) is 0 Å². The standard InChI is InChI=1S/C20H17N3O3/c1-26-15-9-7-13(8-10-15)18-16(11-21)19(24)23-20(25,17(18)12-22)14-5-3-2-4-6-14/h2-10,16-18,25H,1H3,(H,23,24). The van der Waals surface area contributed by atoms with Crippen molar-refractivity contribution in [2.45, 2.75) is 11.6 Å². The first kappa shape index (κ1) is 17.5. The van der Waals surface area contributed by atoms with Gasteiger partial charge >= 0.3 is 0 Å². The second-order valence-electron chi connectivity index (χ2n) is 6.13. The van der Waals surface area contributed by atoms with Crippen LogP contribution in [-0.2, 0) is 10.5 Å². The van der Waals surface area contributed by atoms with E-state index < -0.39 is 29.4 Å². The van der Waals surface area contributed by atoms with Gasteiger partial charge in [-0.1, -0.05) is 42.5 Å². The molecular weight excluding hydrogens is 330 g/mol. The summed E-state index contributed by atoms with van der Waals surface area (Å²) in [6.45, 7) is 0. The van der Waals surface area contributed by atoms with Gasteiger partial charge in [-0.05, 0) is 17.7 Å². The largest absolute Gasteiger partial charge is 0.497 e. The van der Waals surface area contributed by atoms with Crippen molar-refractivity contribution in [3.05, 3.63) is 65.7 Å². The number of aliphatic hydroxyl groups is 1. The van der Waals surface area contributed by atoms with E-state index in [1.54, 1.807) is 54.6 Å². The Morgan fingerprint density at radius 2 is 1.73 bits per heavy atom. The van der Waals surface area contributed by atoms with Gasteiger partial charge in [-0.2, -0.15) is 10.5 Å². The fraction of sp³-hybridized carbons (Fsp3) is 0.250. The quantitative estimate of drug-likeness (QED) is 0.884. The highest BCUT2D eigenvalue weighted by atomic mass is 16.5. The van der Waals surface area contributed by atoms with E-state index in [2.05, 4.69) is 11.4 Å². The first-order valence-corrected chi connectivity index (χ1v) is 8.08. The summed E-state index contributed by atoms with van der Waals surface area (Å²) < 4.78 is 5.14.